The Labute approximate surface area is 78.9 Å². The molecule has 1 aromatic carbocycles. The van der Waals surface area contributed by atoms with Gasteiger partial charge in [0.15, 0.2) is 0 Å². The summed E-state index contributed by atoms with van der Waals surface area (Å²) in [6.45, 7) is 0. The first-order chi connectivity index (χ1) is 5.24. The summed E-state index contributed by atoms with van der Waals surface area (Å²) in [5.41, 5.74) is 1.01. The van der Waals surface area contributed by atoms with E-state index >= 15 is 0 Å². The van der Waals surface area contributed by atoms with Crippen molar-refractivity contribution in [1.82, 2.24) is 0 Å². The monoisotopic (exact) mass is 206 g/mol. The molecule has 58 valence electrons. The zero-order valence-electron chi connectivity index (χ0n) is 6.00. The van der Waals surface area contributed by atoms with Crippen LogP contribution in [0.5, 0.6) is 0 Å². The standard InChI is InChI=1S/C8H7ClO.Cr/c1-10-6-7-2-4-8(9)5-3-7;/h2-5H,1H3;. The molecule has 0 unspecified atom stereocenters. The summed E-state index contributed by atoms with van der Waals surface area (Å²) < 4.78 is 5.77. The molecule has 0 aliphatic carbocycles. The van der Waals surface area contributed by atoms with E-state index in [0.717, 1.165) is 15.2 Å². The molecule has 0 N–H and O–H groups in total. The summed E-state index contributed by atoms with van der Waals surface area (Å²) in [6.07, 6.45) is 0. The molecule has 0 heterocycles. The Balaban J connectivity index is 2.90. The number of benzene rings is 1. The van der Waals surface area contributed by atoms with Crippen LogP contribution in [0.15, 0.2) is 24.3 Å². The van der Waals surface area contributed by atoms with Crippen molar-refractivity contribution in [2.45, 2.75) is 0 Å². The zero-order chi connectivity index (χ0) is 8.27. The summed E-state index contributed by atoms with van der Waals surface area (Å²) in [4.78, 5) is 0. The Morgan fingerprint density at radius 2 is 1.91 bits per heavy atom. The Kier molecular flexibility index (Phi) is 3.29. The van der Waals surface area contributed by atoms with Gasteiger partial charge in [-0.25, -0.2) is 0 Å². The third kappa shape index (κ3) is 2.43. The number of hydrogen-bond donors (Lipinski definition) is 0. The van der Waals surface area contributed by atoms with Crippen LogP contribution in [0.3, 0.4) is 0 Å². The van der Waals surface area contributed by atoms with Crippen molar-refractivity contribution >= 4 is 16.2 Å². The maximum absolute atomic E-state index is 5.70. The fourth-order valence-corrected chi connectivity index (χ4v) is 1.04. The number of rotatable bonds is 2. The molecule has 0 aliphatic rings. The van der Waals surface area contributed by atoms with Crippen LogP contribution in [-0.2, 0) is 20.6 Å². The van der Waals surface area contributed by atoms with Crippen LogP contribution in [0.2, 0.25) is 5.02 Å². The van der Waals surface area contributed by atoms with Gasteiger partial charge in [0.05, 0.1) is 0 Å². The number of ether oxygens (including phenoxy) is 1. The predicted octanol–water partition coefficient (Wildman–Crippen LogP) is 2.01. The van der Waals surface area contributed by atoms with Crippen molar-refractivity contribution < 1.29 is 20.6 Å². The molecular formula is C8H7ClCrO. The van der Waals surface area contributed by atoms with Gasteiger partial charge < -0.3 is 0 Å². The van der Waals surface area contributed by atoms with Gasteiger partial charge in [-0.2, -0.15) is 0 Å². The van der Waals surface area contributed by atoms with Crippen molar-refractivity contribution in [2.75, 3.05) is 7.11 Å². The second kappa shape index (κ2) is 4.04. The molecule has 0 amide bonds. The van der Waals surface area contributed by atoms with Gasteiger partial charge in [0, 0.05) is 0 Å². The molecule has 0 atom stereocenters. The van der Waals surface area contributed by atoms with Gasteiger partial charge in [0.25, 0.3) is 0 Å². The number of halogens is 1. The fourth-order valence-electron chi connectivity index (χ4n) is 0.704. The summed E-state index contributed by atoms with van der Waals surface area (Å²) >= 11 is 8.51. The van der Waals surface area contributed by atoms with Crippen LogP contribution in [0.25, 0.3) is 0 Å². The average Bonchev–Trinajstić information content (AvgIpc) is 2.05. The third-order valence-electron chi connectivity index (χ3n) is 1.27. The second-order valence-electron chi connectivity index (χ2n) is 2.00. The SMILES string of the molecule is CO[C](=[Cr])c1ccc(Cl)cc1. The minimum absolute atomic E-state index is 0.734. The maximum atomic E-state index is 5.70. The first kappa shape index (κ1) is 8.96. The predicted molar refractivity (Wildman–Crippen MR) is 42.6 cm³/mol. The molecule has 0 aromatic heterocycles. The molecule has 1 aromatic rings. The molecule has 11 heavy (non-hydrogen) atoms. The van der Waals surface area contributed by atoms with Gasteiger partial charge in [0.2, 0.25) is 0 Å². The summed E-state index contributed by atoms with van der Waals surface area (Å²) in [5, 5.41) is 0.734. The van der Waals surface area contributed by atoms with E-state index in [0.29, 0.717) is 0 Å². The van der Waals surface area contributed by atoms with Crippen LogP contribution in [0.4, 0.5) is 0 Å². The topological polar surface area (TPSA) is 9.23 Å². The molecule has 0 saturated carbocycles. The van der Waals surface area contributed by atoms with Crippen LogP contribution in [0.1, 0.15) is 5.56 Å². The summed E-state index contributed by atoms with van der Waals surface area (Å²) in [7, 11) is 1.63. The molecule has 0 bridgehead atoms. The van der Waals surface area contributed by atoms with Crippen LogP contribution in [-0.4, -0.2) is 11.7 Å². The molecule has 0 aliphatic heterocycles. The Bertz CT molecular complexity index is 255. The van der Waals surface area contributed by atoms with Crippen molar-refractivity contribution in [2.24, 2.45) is 0 Å². The fraction of sp³-hybridized carbons (Fsp3) is 0.125. The first-order valence-electron chi connectivity index (χ1n) is 3.08. The summed E-state index contributed by atoms with van der Waals surface area (Å²) in [6, 6.07) is 7.45. The van der Waals surface area contributed by atoms with E-state index in [1.165, 1.54) is 0 Å². The normalized spacial score (nSPS) is 9.64. The third-order valence-corrected chi connectivity index (χ3v) is 2.15. The van der Waals surface area contributed by atoms with Gasteiger partial charge >= 0.3 is 78.7 Å². The zero-order valence-corrected chi connectivity index (χ0v) is 8.03. The summed E-state index contributed by atoms with van der Waals surface area (Å²) in [5.74, 6) is 0. The Morgan fingerprint density at radius 3 is 2.36 bits per heavy atom. The van der Waals surface area contributed by atoms with Crippen LogP contribution < -0.4 is 0 Å². The van der Waals surface area contributed by atoms with Crippen molar-refractivity contribution in [3.8, 4) is 0 Å². The van der Waals surface area contributed by atoms with E-state index in [4.69, 9.17) is 16.3 Å². The minimum atomic E-state index is 0.734. The Hall–Kier alpha value is -0.128. The van der Waals surface area contributed by atoms with Gasteiger partial charge in [-0.1, -0.05) is 0 Å². The molecule has 1 rings (SSSR count). The molecule has 1 nitrogen and oxygen atoms in total. The molecule has 0 spiro atoms. The van der Waals surface area contributed by atoms with Crippen LogP contribution >= 0.6 is 11.6 Å². The van der Waals surface area contributed by atoms with Crippen molar-refractivity contribution in [1.29, 1.82) is 0 Å². The first-order valence-corrected chi connectivity index (χ1v) is 4.09. The van der Waals surface area contributed by atoms with Crippen molar-refractivity contribution in [3.63, 3.8) is 0 Å². The van der Waals surface area contributed by atoms with E-state index in [2.05, 4.69) is 15.9 Å². The second-order valence-corrected chi connectivity index (χ2v) is 3.01. The quantitative estimate of drug-likeness (QED) is 0.719. The number of hydrogen-bond acceptors (Lipinski definition) is 1. The van der Waals surface area contributed by atoms with E-state index in [9.17, 15) is 0 Å². The van der Waals surface area contributed by atoms with Gasteiger partial charge in [0.1, 0.15) is 0 Å². The molecule has 0 fully saturated rings. The average molecular weight is 207 g/mol. The van der Waals surface area contributed by atoms with E-state index < -0.39 is 0 Å². The van der Waals surface area contributed by atoms with E-state index in [-0.39, 0.29) is 0 Å². The van der Waals surface area contributed by atoms with Gasteiger partial charge in [-0.15, -0.1) is 0 Å². The molecule has 0 radical (unpaired) electrons. The van der Waals surface area contributed by atoms with Gasteiger partial charge in [-0.3, -0.25) is 0 Å². The van der Waals surface area contributed by atoms with E-state index in [1.54, 1.807) is 7.11 Å². The van der Waals surface area contributed by atoms with Crippen molar-refractivity contribution in [3.05, 3.63) is 34.9 Å². The van der Waals surface area contributed by atoms with Crippen LogP contribution in [0, 0.1) is 0 Å². The molecule has 3 heteroatoms. The Morgan fingerprint density at radius 1 is 1.36 bits per heavy atom. The molecule has 0 saturated heterocycles. The van der Waals surface area contributed by atoms with E-state index in [1.807, 2.05) is 24.3 Å². The van der Waals surface area contributed by atoms with Gasteiger partial charge in [-0.05, 0) is 0 Å². The molecular weight excluding hydrogens is 200 g/mol. The number of methoxy groups -OCH3 is 1.